The first-order chi connectivity index (χ1) is 7.16. The zero-order valence-corrected chi connectivity index (χ0v) is 10.8. The molecule has 1 N–H and O–H groups in total. The lowest BCUT2D eigenvalue weighted by Gasteiger charge is -2.34. The van der Waals surface area contributed by atoms with Gasteiger partial charge in [-0.05, 0) is 47.5 Å². The van der Waals surface area contributed by atoms with Gasteiger partial charge in [0.2, 0.25) is 0 Å². The molecule has 0 aromatic heterocycles. The Kier molecular flexibility index (Phi) is 3.32. The van der Waals surface area contributed by atoms with Crippen LogP contribution in [0.15, 0.2) is 22.7 Å². The number of nitrogens with one attached hydrogen (secondary N) is 1. The Bertz CT molecular complexity index is 351. The van der Waals surface area contributed by atoms with Crippen LogP contribution in [-0.4, -0.2) is 25.7 Å². The van der Waals surface area contributed by atoms with Gasteiger partial charge in [0.25, 0.3) is 0 Å². The molecule has 0 saturated carbocycles. The van der Waals surface area contributed by atoms with Gasteiger partial charge in [-0.25, -0.2) is 0 Å². The van der Waals surface area contributed by atoms with E-state index in [1.54, 1.807) is 0 Å². The fourth-order valence-electron chi connectivity index (χ4n) is 2.02. The van der Waals surface area contributed by atoms with Crippen LogP contribution in [0.3, 0.4) is 0 Å². The number of benzene rings is 1. The van der Waals surface area contributed by atoms with E-state index in [-0.39, 0.29) is 0 Å². The number of nitrogens with zero attached hydrogens (tertiary/aromatic N) is 1. The Hall–Kier alpha value is -0.540. The number of piperazine rings is 1. The number of hydrogen-bond donors (Lipinski definition) is 1. The highest BCUT2D eigenvalue weighted by molar-refractivity contribution is 9.10. The summed E-state index contributed by atoms with van der Waals surface area (Å²) in [6.07, 6.45) is 0. The number of rotatable bonds is 1. The third kappa shape index (κ3) is 2.52. The molecule has 15 heavy (non-hydrogen) atoms. The third-order valence-electron chi connectivity index (χ3n) is 2.81. The minimum Gasteiger partial charge on any atom is -0.368 e. The SMILES string of the molecule is Cc1ccc(Br)c(N2CCNC(C)C2)c1. The van der Waals surface area contributed by atoms with Crippen molar-refractivity contribution < 1.29 is 0 Å². The molecule has 0 amide bonds. The zero-order chi connectivity index (χ0) is 10.8. The van der Waals surface area contributed by atoms with E-state index in [9.17, 15) is 0 Å². The van der Waals surface area contributed by atoms with Gasteiger partial charge in [0.05, 0.1) is 5.69 Å². The zero-order valence-electron chi connectivity index (χ0n) is 9.26. The second kappa shape index (κ2) is 4.54. The maximum Gasteiger partial charge on any atom is 0.0514 e. The monoisotopic (exact) mass is 268 g/mol. The van der Waals surface area contributed by atoms with Crippen molar-refractivity contribution in [2.24, 2.45) is 0 Å². The van der Waals surface area contributed by atoms with Crippen LogP contribution in [0, 0.1) is 6.92 Å². The number of halogens is 1. The fraction of sp³-hybridized carbons (Fsp3) is 0.500. The first kappa shape index (κ1) is 11.0. The summed E-state index contributed by atoms with van der Waals surface area (Å²) in [6.45, 7) is 7.62. The molecular weight excluding hydrogens is 252 g/mol. The van der Waals surface area contributed by atoms with Crippen molar-refractivity contribution in [1.29, 1.82) is 0 Å². The second-order valence-corrected chi connectivity index (χ2v) is 5.11. The average Bonchev–Trinajstić information content (AvgIpc) is 2.22. The third-order valence-corrected chi connectivity index (χ3v) is 3.48. The van der Waals surface area contributed by atoms with Crippen LogP contribution in [0.1, 0.15) is 12.5 Å². The molecule has 1 atom stereocenters. The van der Waals surface area contributed by atoms with Gasteiger partial charge in [0, 0.05) is 30.1 Å². The van der Waals surface area contributed by atoms with Gasteiger partial charge in [-0.15, -0.1) is 0 Å². The van der Waals surface area contributed by atoms with Gasteiger partial charge >= 0.3 is 0 Å². The number of anilines is 1. The minimum absolute atomic E-state index is 0.575. The number of aryl methyl sites for hydroxylation is 1. The molecule has 1 aromatic carbocycles. The Morgan fingerprint density at radius 2 is 2.27 bits per heavy atom. The minimum atomic E-state index is 0.575. The molecule has 1 heterocycles. The molecule has 1 saturated heterocycles. The van der Waals surface area contributed by atoms with Crippen molar-refractivity contribution in [3.63, 3.8) is 0 Å². The molecule has 82 valence electrons. The lowest BCUT2D eigenvalue weighted by atomic mass is 10.1. The Morgan fingerprint density at radius 3 is 3.00 bits per heavy atom. The molecule has 1 fully saturated rings. The van der Waals surface area contributed by atoms with Crippen molar-refractivity contribution in [2.75, 3.05) is 24.5 Å². The quantitative estimate of drug-likeness (QED) is 0.843. The van der Waals surface area contributed by atoms with Crippen LogP contribution < -0.4 is 10.2 Å². The van der Waals surface area contributed by atoms with Gasteiger partial charge in [0.15, 0.2) is 0 Å². The van der Waals surface area contributed by atoms with Gasteiger partial charge in [-0.3, -0.25) is 0 Å². The summed E-state index contributed by atoms with van der Waals surface area (Å²) in [5, 5.41) is 3.46. The first-order valence-electron chi connectivity index (χ1n) is 5.41. The largest absolute Gasteiger partial charge is 0.368 e. The van der Waals surface area contributed by atoms with Crippen LogP contribution >= 0.6 is 15.9 Å². The highest BCUT2D eigenvalue weighted by Crippen LogP contribution is 2.27. The summed E-state index contributed by atoms with van der Waals surface area (Å²) < 4.78 is 1.20. The van der Waals surface area contributed by atoms with Gasteiger partial charge < -0.3 is 10.2 Å². The molecule has 1 unspecified atom stereocenters. The van der Waals surface area contributed by atoms with Crippen molar-refractivity contribution in [2.45, 2.75) is 19.9 Å². The van der Waals surface area contributed by atoms with E-state index < -0.39 is 0 Å². The van der Waals surface area contributed by atoms with Gasteiger partial charge in [-0.1, -0.05) is 6.07 Å². The maximum atomic E-state index is 3.62. The predicted molar refractivity (Wildman–Crippen MR) is 68.6 cm³/mol. The van der Waals surface area contributed by atoms with E-state index in [0.717, 1.165) is 19.6 Å². The van der Waals surface area contributed by atoms with Crippen molar-refractivity contribution in [3.8, 4) is 0 Å². The summed E-state index contributed by atoms with van der Waals surface area (Å²) in [6, 6.07) is 7.10. The Balaban J connectivity index is 2.24. The molecule has 0 bridgehead atoms. The molecule has 0 radical (unpaired) electrons. The highest BCUT2D eigenvalue weighted by Gasteiger charge is 2.17. The van der Waals surface area contributed by atoms with Crippen LogP contribution in [0.5, 0.6) is 0 Å². The highest BCUT2D eigenvalue weighted by atomic mass is 79.9. The van der Waals surface area contributed by atoms with E-state index in [0.29, 0.717) is 6.04 Å². The summed E-state index contributed by atoms with van der Waals surface area (Å²) in [5.41, 5.74) is 2.64. The molecule has 2 rings (SSSR count). The van der Waals surface area contributed by atoms with E-state index in [4.69, 9.17) is 0 Å². The van der Waals surface area contributed by atoms with E-state index in [1.165, 1.54) is 15.7 Å². The van der Waals surface area contributed by atoms with Crippen LogP contribution in [0.2, 0.25) is 0 Å². The van der Waals surface area contributed by atoms with Gasteiger partial charge in [0.1, 0.15) is 0 Å². The number of hydrogen-bond acceptors (Lipinski definition) is 2. The molecule has 1 aliphatic heterocycles. The lowest BCUT2D eigenvalue weighted by Crippen LogP contribution is -2.49. The molecular formula is C12H17BrN2. The lowest BCUT2D eigenvalue weighted by molar-refractivity contribution is 0.484. The maximum absolute atomic E-state index is 3.62. The first-order valence-corrected chi connectivity index (χ1v) is 6.20. The predicted octanol–water partition coefficient (Wildman–Crippen LogP) is 2.56. The van der Waals surface area contributed by atoms with E-state index in [2.05, 4.69) is 58.2 Å². The summed E-state index contributed by atoms with van der Waals surface area (Å²) in [5.74, 6) is 0. The summed E-state index contributed by atoms with van der Waals surface area (Å²) >= 11 is 3.62. The molecule has 2 nitrogen and oxygen atoms in total. The smallest absolute Gasteiger partial charge is 0.0514 e. The Morgan fingerprint density at radius 1 is 1.47 bits per heavy atom. The van der Waals surface area contributed by atoms with Crippen molar-refractivity contribution in [1.82, 2.24) is 5.32 Å². The topological polar surface area (TPSA) is 15.3 Å². The van der Waals surface area contributed by atoms with Gasteiger partial charge in [-0.2, -0.15) is 0 Å². The standard InChI is InChI=1S/C12H17BrN2/c1-9-3-4-11(13)12(7-9)15-6-5-14-10(2)8-15/h3-4,7,10,14H,5-6,8H2,1-2H3. The fourth-order valence-corrected chi connectivity index (χ4v) is 2.51. The van der Waals surface area contributed by atoms with Crippen LogP contribution in [-0.2, 0) is 0 Å². The van der Waals surface area contributed by atoms with Crippen molar-refractivity contribution in [3.05, 3.63) is 28.2 Å². The van der Waals surface area contributed by atoms with Crippen LogP contribution in [0.25, 0.3) is 0 Å². The average molecular weight is 269 g/mol. The normalized spacial score (nSPS) is 21.8. The van der Waals surface area contributed by atoms with E-state index in [1.807, 2.05) is 0 Å². The van der Waals surface area contributed by atoms with Crippen molar-refractivity contribution >= 4 is 21.6 Å². The molecule has 1 aliphatic rings. The molecule has 0 spiro atoms. The van der Waals surface area contributed by atoms with E-state index >= 15 is 0 Å². The summed E-state index contributed by atoms with van der Waals surface area (Å²) in [4.78, 5) is 2.44. The summed E-state index contributed by atoms with van der Waals surface area (Å²) in [7, 11) is 0. The molecule has 1 aromatic rings. The molecule has 3 heteroatoms. The van der Waals surface area contributed by atoms with Crippen LogP contribution in [0.4, 0.5) is 5.69 Å². The molecule has 0 aliphatic carbocycles. The Labute approximate surface area is 99.8 Å². The second-order valence-electron chi connectivity index (χ2n) is 4.26.